The molecule has 0 fully saturated rings. The Morgan fingerprint density at radius 3 is 2.61 bits per heavy atom. The molecule has 0 aliphatic heterocycles. The number of carbonyl (C=O) groups is 2. The van der Waals surface area contributed by atoms with Crippen molar-refractivity contribution in [3.63, 3.8) is 0 Å². The monoisotopic (exact) mass is 256 g/mol. The summed E-state index contributed by atoms with van der Waals surface area (Å²) in [6.45, 7) is 0.0984. The molecule has 0 aliphatic carbocycles. The van der Waals surface area contributed by atoms with Gasteiger partial charge in [-0.3, -0.25) is 4.79 Å². The topological polar surface area (TPSA) is 98.7 Å². The lowest BCUT2D eigenvalue weighted by atomic mass is 10.2. The highest BCUT2D eigenvalue weighted by molar-refractivity contribution is 5.74. The van der Waals surface area contributed by atoms with Crippen molar-refractivity contribution in [2.24, 2.45) is 0 Å². The van der Waals surface area contributed by atoms with Crippen LogP contribution in [0.3, 0.4) is 0 Å². The van der Waals surface area contributed by atoms with Gasteiger partial charge < -0.3 is 20.8 Å². The van der Waals surface area contributed by atoms with Gasteiger partial charge in [-0.1, -0.05) is 6.07 Å². The van der Waals surface area contributed by atoms with Crippen LogP contribution in [0.5, 0.6) is 5.75 Å². The Morgan fingerprint density at radius 2 is 2.00 bits per heavy atom. The minimum absolute atomic E-state index is 0.0190. The molecule has 0 radical (unpaired) electrons. The molecule has 1 aromatic rings. The maximum atomic E-state index is 13.0. The van der Waals surface area contributed by atoms with E-state index in [1.165, 1.54) is 12.1 Å². The van der Waals surface area contributed by atoms with E-state index in [-0.39, 0.29) is 19.5 Å². The molecule has 0 atom stereocenters. The molecule has 1 aromatic carbocycles. The van der Waals surface area contributed by atoms with Crippen LogP contribution in [-0.2, 0) is 11.3 Å². The van der Waals surface area contributed by atoms with Gasteiger partial charge >= 0.3 is 12.0 Å². The number of carbonyl (C=O) groups excluding carboxylic acids is 1. The average molecular weight is 256 g/mol. The van der Waals surface area contributed by atoms with Crippen LogP contribution in [-0.4, -0.2) is 28.8 Å². The molecule has 0 aromatic heterocycles. The van der Waals surface area contributed by atoms with Gasteiger partial charge in [-0.15, -0.1) is 0 Å². The first-order valence-corrected chi connectivity index (χ1v) is 5.20. The third-order valence-electron chi connectivity index (χ3n) is 2.09. The van der Waals surface area contributed by atoms with E-state index in [0.29, 0.717) is 5.56 Å². The zero-order valence-corrected chi connectivity index (χ0v) is 9.44. The Hall–Kier alpha value is -2.31. The number of halogens is 1. The van der Waals surface area contributed by atoms with Gasteiger partial charge in [-0.2, -0.15) is 0 Å². The van der Waals surface area contributed by atoms with Gasteiger partial charge in [-0.05, 0) is 17.7 Å². The van der Waals surface area contributed by atoms with Crippen LogP contribution in [0, 0.1) is 5.82 Å². The van der Waals surface area contributed by atoms with Crippen LogP contribution in [0.25, 0.3) is 0 Å². The molecule has 0 bridgehead atoms. The zero-order chi connectivity index (χ0) is 13.5. The summed E-state index contributed by atoms with van der Waals surface area (Å²) in [5.74, 6) is -2.22. The fourth-order valence-electron chi connectivity index (χ4n) is 1.19. The number of urea groups is 1. The average Bonchev–Trinajstić information content (AvgIpc) is 2.30. The number of phenolic OH excluding ortho intramolecular Hbond substituents is 1. The predicted octanol–water partition coefficient (Wildman–Crippen LogP) is 0.805. The minimum Gasteiger partial charge on any atom is -0.505 e. The second-order valence-corrected chi connectivity index (χ2v) is 3.54. The van der Waals surface area contributed by atoms with Crippen LogP contribution in [0.4, 0.5) is 9.18 Å². The second-order valence-electron chi connectivity index (χ2n) is 3.54. The molecule has 0 spiro atoms. The number of rotatable bonds is 5. The SMILES string of the molecule is O=C(O)CCNC(=O)NCc1ccc(O)c(F)c1. The van der Waals surface area contributed by atoms with E-state index in [9.17, 15) is 14.0 Å². The van der Waals surface area contributed by atoms with Gasteiger partial charge in [0.1, 0.15) is 0 Å². The van der Waals surface area contributed by atoms with E-state index in [4.69, 9.17) is 10.2 Å². The van der Waals surface area contributed by atoms with Crippen molar-refractivity contribution in [3.8, 4) is 5.75 Å². The first kappa shape index (κ1) is 13.8. The van der Waals surface area contributed by atoms with Gasteiger partial charge in [0.15, 0.2) is 11.6 Å². The first-order chi connectivity index (χ1) is 8.49. The van der Waals surface area contributed by atoms with E-state index in [1.54, 1.807) is 0 Å². The Bertz CT molecular complexity index is 451. The number of amides is 2. The van der Waals surface area contributed by atoms with Gasteiger partial charge in [0.25, 0.3) is 0 Å². The predicted molar refractivity (Wildman–Crippen MR) is 60.6 cm³/mol. The number of hydrogen-bond donors (Lipinski definition) is 4. The summed E-state index contributed by atoms with van der Waals surface area (Å²) in [5.41, 5.74) is 0.485. The summed E-state index contributed by atoms with van der Waals surface area (Å²) in [4.78, 5) is 21.4. The van der Waals surface area contributed by atoms with Crippen molar-refractivity contribution in [3.05, 3.63) is 29.6 Å². The number of benzene rings is 1. The molecule has 0 unspecified atom stereocenters. The molecule has 1 rings (SSSR count). The first-order valence-electron chi connectivity index (χ1n) is 5.20. The number of aromatic hydroxyl groups is 1. The number of carboxylic acid groups (broad SMARTS) is 1. The molecule has 0 heterocycles. The second kappa shape index (κ2) is 6.43. The van der Waals surface area contributed by atoms with Gasteiger partial charge in [-0.25, -0.2) is 9.18 Å². The van der Waals surface area contributed by atoms with Crippen LogP contribution < -0.4 is 10.6 Å². The number of nitrogens with one attached hydrogen (secondary N) is 2. The molecule has 0 aliphatic rings. The zero-order valence-electron chi connectivity index (χ0n) is 9.44. The Kier molecular flexibility index (Phi) is 4.91. The van der Waals surface area contributed by atoms with Crippen molar-refractivity contribution < 1.29 is 24.2 Å². The van der Waals surface area contributed by atoms with Crippen molar-refractivity contribution in [1.29, 1.82) is 0 Å². The van der Waals surface area contributed by atoms with Crippen LogP contribution >= 0.6 is 0 Å². The third kappa shape index (κ3) is 4.69. The summed E-state index contributed by atoms with van der Waals surface area (Å²) in [5, 5.41) is 22.1. The molecule has 18 heavy (non-hydrogen) atoms. The van der Waals surface area contributed by atoms with Crippen LogP contribution in [0.15, 0.2) is 18.2 Å². The van der Waals surface area contributed by atoms with Gasteiger partial charge in [0, 0.05) is 13.1 Å². The molecular weight excluding hydrogens is 243 g/mol. The lowest BCUT2D eigenvalue weighted by molar-refractivity contribution is -0.136. The number of hydrogen-bond acceptors (Lipinski definition) is 3. The standard InChI is InChI=1S/C11H13FN2O4/c12-8-5-7(1-2-9(8)15)6-14-11(18)13-4-3-10(16)17/h1-2,5,15H,3-4,6H2,(H,16,17)(H2,13,14,18). The summed E-state index contributed by atoms with van der Waals surface area (Å²) in [6, 6.07) is 3.22. The molecular formula is C11H13FN2O4. The van der Waals surface area contributed by atoms with E-state index in [1.807, 2.05) is 0 Å². The Labute approximate surface area is 102 Å². The molecule has 7 heteroatoms. The summed E-state index contributed by atoms with van der Waals surface area (Å²) >= 11 is 0. The smallest absolute Gasteiger partial charge is 0.315 e. The highest BCUT2D eigenvalue weighted by atomic mass is 19.1. The van der Waals surface area contributed by atoms with Crippen molar-refractivity contribution in [2.75, 3.05) is 6.54 Å². The molecule has 0 saturated heterocycles. The summed E-state index contributed by atoms with van der Waals surface area (Å²) in [7, 11) is 0. The Morgan fingerprint density at radius 1 is 1.28 bits per heavy atom. The molecule has 4 N–H and O–H groups in total. The lowest BCUT2D eigenvalue weighted by Crippen LogP contribution is -2.36. The maximum absolute atomic E-state index is 13.0. The van der Waals surface area contributed by atoms with Gasteiger partial charge in [0.2, 0.25) is 0 Å². The summed E-state index contributed by atoms with van der Waals surface area (Å²) < 4.78 is 13.0. The van der Waals surface area contributed by atoms with Crippen LogP contribution in [0.2, 0.25) is 0 Å². The van der Waals surface area contributed by atoms with E-state index in [2.05, 4.69) is 10.6 Å². The molecule has 6 nitrogen and oxygen atoms in total. The molecule has 0 saturated carbocycles. The fraction of sp³-hybridized carbons (Fsp3) is 0.273. The number of carboxylic acids is 1. The van der Waals surface area contributed by atoms with Crippen molar-refractivity contribution in [1.82, 2.24) is 10.6 Å². The highest BCUT2D eigenvalue weighted by Crippen LogP contribution is 2.15. The van der Waals surface area contributed by atoms with Crippen molar-refractivity contribution >= 4 is 12.0 Å². The normalized spacial score (nSPS) is 9.83. The lowest BCUT2D eigenvalue weighted by Gasteiger charge is -2.07. The quantitative estimate of drug-likeness (QED) is 0.626. The highest BCUT2D eigenvalue weighted by Gasteiger charge is 2.04. The van der Waals surface area contributed by atoms with E-state index >= 15 is 0 Å². The number of phenols is 1. The summed E-state index contributed by atoms with van der Waals surface area (Å²) in [6.07, 6.45) is -0.165. The fourth-order valence-corrected chi connectivity index (χ4v) is 1.19. The molecule has 98 valence electrons. The van der Waals surface area contributed by atoms with E-state index < -0.39 is 23.6 Å². The van der Waals surface area contributed by atoms with E-state index in [0.717, 1.165) is 6.07 Å². The minimum atomic E-state index is -1.00. The van der Waals surface area contributed by atoms with Gasteiger partial charge in [0.05, 0.1) is 6.42 Å². The van der Waals surface area contributed by atoms with Crippen molar-refractivity contribution in [2.45, 2.75) is 13.0 Å². The van der Waals surface area contributed by atoms with Crippen LogP contribution in [0.1, 0.15) is 12.0 Å². The Balaban J connectivity index is 2.33. The molecule has 2 amide bonds. The number of aliphatic carboxylic acids is 1. The largest absolute Gasteiger partial charge is 0.505 e. The third-order valence-corrected chi connectivity index (χ3v) is 2.09. The maximum Gasteiger partial charge on any atom is 0.315 e.